The molecule has 0 saturated heterocycles. The molecule has 6 heteroatoms. The SMILES string of the molecule is Cn1ccnc1CCNC(=O)c1ccc(N)c(Br)c1. The minimum absolute atomic E-state index is 0.116. The number of benzene rings is 1. The molecule has 19 heavy (non-hydrogen) atoms. The van der Waals surface area contributed by atoms with Gasteiger partial charge >= 0.3 is 0 Å². The Morgan fingerprint density at radius 1 is 1.53 bits per heavy atom. The van der Waals surface area contributed by atoms with Crippen LogP contribution in [-0.4, -0.2) is 22.0 Å². The Kier molecular flexibility index (Phi) is 4.21. The third kappa shape index (κ3) is 3.35. The lowest BCUT2D eigenvalue weighted by Gasteiger charge is -2.06. The molecule has 0 aliphatic heterocycles. The second-order valence-corrected chi connectivity index (χ2v) is 5.05. The average molecular weight is 323 g/mol. The molecular formula is C13H15BrN4O. The summed E-state index contributed by atoms with van der Waals surface area (Å²) < 4.78 is 2.66. The smallest absolute Gasteiger partial charge is 0.251 e. The Balaban J connectivity index is 1.91. The summed E-state index contributed by atoms with van der Waals surface area (Å²) in [5, 5.41) is 2.86. The van der Waals surface area contributed by atoms with E-state index in [-0.39, 0.29) is 5.91 Å². The number of imidazole rings is 1. The number of hydrogen-bond donors (Lipinski definition) is 2. The fraction of sp³-hybridized carbons (Fsp3) is 0.231. The van der Waals surface area contributed by atoms with E-state index in [1.54, 1.807) is 24.4 Å². The second kappa shape index (κ2) is 5.88. The highest BCUT2D eigenvalue weighted by Gasteiger charge is 2.07. The van der Waals surface area contributed by atoms with Gasteiger partial charge in [-0.2, -0.15) is 0 Å². The lowest BCUT2D eigenvalue weighted by Crippen LogP contribution is -2.26. The first-order valence-corrected chi connectivity index (χ1v) is 6.66. The lowest BCUT2D eigenvalue weighted by atomic mass is 10.2. The molecule has 2 aromatic rings. The van der Waals surface area contributed by atoms with Crippen LogP contribution in [0, 0.1) is 0 Å². The topological polar surface area (TPSA) is 72.9 Å². The van der Waals surface area contributed by atoms with Crippen molar-refractivity contribution in [3.63, 3.8) is 0 Å². The molecule has 0 unspecified atom stereocenters. The Morgan fingerprint density at radius 2 is 2.32 bits per heavy atom. The van der Waals surface area contributed by atoms with Crippen LogP contribution in [0.1, 0.15) is 16.2 Å². The summed E-state index contributed by atoms with van der Waals surface area (Å²) in [5.41, 5.74) is 6.88. The van der Waals surface area contributed by atoms with Crippen molar-refractivity contribution in [3.05, 3.63) is 46.5 Å². The highest BCUT2D eigenvalue weighted by atomic mass is 79.9. The van der Waals surface area contributed by atoms with Crippen molar-refractivity contribution in [1.29, 1.82) is 0 Å². The molecule has 100 valence electrons. The summed E-state index contributed by atoms with van der Waals surface area (Å²) in [6, 6.07) is 5.12. The predicted octanol–water partition coefficient (Wildman–Crippen LogP) is 1.74. The van der Waals surface area contributed by atoms with Gasteiger partial charge in [0.1, 0.15) is 5.82 Å². The molecule has 0 saturated carbocycles. The summed E-state index contributed by atoms with van der Waals surface area (Å²) in [4.78, 5) is 16.1. The third-order valence-electron chi connectivity index (χ3n) is 2.82. The van der Waals surface area contributed by atoms with Gasteiger partial charge in [-0.15, -0.1) is 0 Å². The van der Waals surface area contributed by atoms with Gasteiger partial charge in [-0.3, -0.25) is 4.79 Å². The van der Waals surface area contributed by atoms with E-state index in [2.05, 4.69) is 26.2 Å². The quantitative estimate of drug-likeness (QED) is 0.842. The lowest BCUT2D eigenvalue weighted by molar-refractivity contribution is 0.0954. The molecule has 0 aliphatic carbocycles. The first-order valence-electron chi connectivity index (χ1n) is 5.87. The Bertz CT molecular complexity index is 594. The summed E-state index contributed by atoms with van der Waals surface area (Å²) in [6.07, 6.45) is 4.33. The highest BCUT2D eigenvalue weighted by Crippen LogP contribution is 2.20. The van der Waals surface area contributed by atoms with Gasteiger partial charge in [0.15, 0.2) is 0 Å². The van der Waals surface area contributed by atoms with Crippen LogP contribution >= 0.6 is 15.9 Å². The standard InChI is InChI=1S/C13H15BrN4O/c1-18-7-6-16-12(18)4-5-17-13(19)9-2-3-11(15)10(14)8-9/h2-3,6-8H,4-5,15H2,1H3,(H,17,19). The Hall–Kier alpha value is -1.82. The second-order valence-electron chi connectivity index (χ2n) is 4.20. The number of anilines is 1. The number of aromatic nitrogens is 2. The molecule has 0 bridgehead atoms. The van der Waals surface area contributed by atoms with Crippen molar-refractivity contribution in [2.24, 2.45) is 7.05 Å². The number of amides is 1. The minimum Gasteiger partial charge on any atom is -0.398 e. The number of halogens is 1. The van der Waals surface area contributed by atoms with Crippen LogP contribution in [0.2, 0.25) is 0 Å². The van der Waals surface area contributed by atoms with Gasteiger partial charge in [-0.25, -0.2) is 4.98 Å². The van der Waals surface area contributed by atoms with Crippen LogP contribution in [0.15, 0.2) is 35.1 Å². The Morgan fingerprint density at radius 3 is 2.95 bits per heavy atom. The molecule has 0 radical (unpaired) electrons. The van der Waals surface area contributed by atoms with Gasteiger partial charge in [0.05, 0.1) is 0 Å². The molecule has 2 rings (SSSR count). The highest BCUT2D eigenvalue weighted by molar-refractivity contribution is 9.10. The van der Waals surface area contributed by atoms with Crippen molar-refractivity contribution < 1.29 is 4.79 Å². The molecule has 5 nitrogen and oxygen atoms in total. The maximum absolute atomic E-state index is 11.9. The molecule has 0 atom stereocenters. The summed E-state index contributed by atoms with van der Waals surface area (Å²) in [5.74, 6) is 0.827. The summed E-state index contributed by atoms with van der Waals surface area (Å²) in [7, 11) is 1.93. The fourth-order valence-electron chi connectivity index (χ4n) is 1.70. The maximum atomic E-state index is 11.9. The van der Waals surface area contributed by atoms with Crippen molar-refractivity contribution in [2.45, 2.75) is 6.42 Å². The largest absolute Gasteiger partial charge is 0.398 e. The molecule has 0 fully saturated rings. The molecular weight excluding hydrogens is 308 g/mol. The van der Waals surface area contributed by atoms with Gasteiger partial charge in [-0.05, 0) is 34.1 Å². The molecule has 0 spiro atoms. The Labute approximate surface area is 120 Å². The van der Waals surface area contributed by atoms with Crippen molar-refractivity contribution in [1.82, 2.24) is 14.9 Å². The van der Waals surface area contributed by atoms with Gasteiger partial charge < -0.3 is 15.6 Å². The molecule has 3 N–H and O–H groups in total. The van der Waals surface area contributed by atoms with E-state index in [1.165, 1.54) is 0 Å². The number of hydrogen-bond acceptors (Lipinski definition) is 3. The molecule has 1 heterocycles. The van der Waals surface area contributed by atoms with Crippen molar-refractivity contribution in [2.75, 3.05) is 12.3 Å². The molecule has 1 aromatic heterocycles. The minimum atomic E-state index is -0.116. The first-order chi connectivity index (χ1) is 9.08. The van der Waals surface area contributed by atoms with E-state index in [0.717, 1.165) is 10.3 Å². The van der Waals surface area contributed by atoms with Crippen LogP contribution in [0.5, 0.6) is 0 Å². The maximum Gasteiger partial charge on any atom is 0.251 e. The van der Waals surface area contributed by atoms with E-state index in [1.807, 2.05) is 17.8 Å². The third-order valence-corrected chi connectivity index (χ3v) is 3.50. The summed E-state index contributed by atoms with van der Waals surface area (Å²) >= 11 is 3.31. The number of nitrogens with one attached hydrogen (secondary N) is 1. The molecule has 1 aromatic carbocycles. The van der Waals surface area contributed by atoms with Crippen molar-refractivity contribution >= 4 is 27.5 Å². The van der Waals surface area contributed by atoms with Crippen LogP contribution in [-0.2, 0) is 13.5 Å². The monoisotopic (exact) mass is 322 g/mol. The van der Waals surface area contributed by atoms with E-state index >= 15 is 0 Å². The van der Waals surface area contributed by atoms with Gasteiger partial charge in [0.2, 0.25) is 0 Å². The van der Waals surface area contributed by atoms with Gasteiger partial charge in [0.25, 0.3) is 5.91 Å². The van der Waals surface area contributed by atoms with Gasteiger partial charge in [-0.1, -0.05) is 0 Å². The van der Waals surface area contributed by atoms with Gasteiger partial charge in [0, 0.05) is 48.1 Å². The average Bonchev–Trinajstić information content (AvgIpc) is 2.78. The number of carbonyl (C=O) groups excluding carboxylic acids is 1. The van der Waals surface area contributed by atoms with E-state index in [9.17, 15) is 4.79 Å². The number of aryl methyl sites for hydroxylation is 1. The molecule has 0 aliphatic rings. The zero-order valence-electron chi connectivity index (χ0n) is 10.6. The number of nitrogens with two attached hydrogens (primary N) is 1. The van der Waals surface area contributed by atoms with Crippen molar-refractivity contribution in [3.8, 4) is 0 Å². The number of nitrogens with zero attached hydrogens (tertiary/aromatic N) is 2. The molecule has 1 amide bonds. The number of nitrogen functional groups attached to an aromatic ring is 1. The van der Waals surface area contributed by atoms with E-state index in [4.69, 9.17) is 5.73 Å². The van der Waals surface area contributed by atoms with Crippen LogP contribution in [0.3, 0.4) is 0 Å². The number of rotatable bonds is 4. The number of carbonyl (C=O) groups is 1. The summed E-state index contributed by atoms with van der Waals surface area (Å²) in [6.45, 7) is 0.547. The first kappa shape index (κ1) is 13.6. The predicted molar refractivity (Wildman–Crippen MR) is 77.8 cm³/mol. The normalized spacial score (nSPS) is 10.4. The fourth-order valence-corrected chi connectivity index (χ4v) is 2.07. The van der Waals surface area contributed by atoms with E-state index < -0.39 is 0 Å². The van der Waals surface area contributed by atoms with Crippen LogP contribution in [0.4, 0.5) is 5.69 Å². The zero-order chi connectivity index (χ0) is 13.8. The van der Waals surface area contributed by atoms with Crippen LogP contribution in [0.25, 0.3) is 0 Å². The zero-order valence-corrected chi connectivity index (χ0v) is 12.1. The van der Waals surface area contributed by atoms with E-state index in [0.29, 0.717) is 24.2 Å². The van der Waals surface area contributed by atoms with Crippen LogP contribution < -0.4 is 11.1 Å².